The van der Waals surface area contributed by atoms with Crippen LogP contribution in [0, 0.1) is 5.92 Å². The van der Waals surface area contributed by atoms with Gasteiger partial charge in [0.1, 0.15) is 18.2 Å². The van der Waals surface area contributed by atoms with Crippen LogP contribution in [0.3, 0.4) is 0 Å². The fraction of sp³-hybridized carbons (Fsp3) is 0.733. The monoisotopic (exact) mass is 278 g/mol. The lowest BCUT2D eigenvalue weighted by molar-refractivity contribution is 0.128. The highest BCUT2D eigenvalue weighted by atomic mass is 16.5. The minimum Gasteiger partial charge on any atom is -0.374 e. The number of nitrogens with zero attached hydrogens (tertiary/aromatic N) is 3. The van der Waals surface area contributed by atoms with Gasteiger partial charge in [0, 0.05) is 32.3 Å². The summed E-state index contributed by atoms with van der Waals surface area (Å²) < 4.78 is 5.43. The number of aromatic nitrogens is 2. The molecule has 1 N–H and O–H groups in total. The molecule has 2 unspecified atom stereocenters. The lowest BCUT2D eigenvalue weighted by Crippen LogP contribution is -2.40. The molecule has 0 amide bonds. The molecular formula is C15H26N4O. The maximum atomic E-state index is 5.43. The third-order valence-corrected chi connectivity index (χ3v) is 3.88. The van der Waals surface area contributed by atoms with Crippen molar-refractivity contribution in [2.45, 2.75) is 46.3 Å². The van der Waals surface area contributed by atoms with E-state index in [9.17, 15) is 0 Å². The van der Waals surface area contributed by atoms with Crippen molar-refractivity contribution < 1.29 is 4.74 Å². The van der Waals surface area contributed by atoms with Crippen molar-refractivity contribution in [1.82, 2.24) is 9.97 Å². The van der Waals surface area contributed by atoms with Crippen LogP contribution < -0.4 is 10.2 Å². The molecule has 112 valence electrons. The second kappa shape index (κ2) is 6.88. The first kappa shape index (κ1) is 15.0. The maximum absolute atomic E-state index is 5.43. The van der Waals surface area contributed by atoms with Gasteiger partial charge in [0.15, 0.2) is 5.82 Å². The number of rotatable bonds is 5. The fourth-order valence-electron chi connectivity index (χ4n) is 2.76. The lowest BCUT2D eigenvalue weighted by Gasteiger charge is -2.37. The number of nitrogens with one attached hydrogen (secondary N) is 1. The first-order chi connectivity index (χ1) is 9.63. The zero-order chi connectivity index (χ0) is 14.5. The molecule has 2 atom stereocenters. The Labute approximate surface area is 121 Å². The Morgan fingerprint density at radius 1 is 1.40 bits per heavy atom. The molecule has 2 heterocycles. The summed E-state index contributed by atoms with van der Waals surface area (Å²) in [5.41, 5.74) is 0. The van der Waals surface area contributed by atoms with Crippen LogP contribution >= 0.6 is 0 Å². The highest BCUT2D eigenvalue weighted by Crippen LogP contribution is 2.27. The van der Waals surface area contributed by atoms with Gasteiger partial charge in [0.2, 0.25) is 0 Å². The molecule has 0 radical (unpaired) electrons. The molecule has 5 nitrogen and oxygen atoms in total. The van der Waals surface area contributed by atoms with Gasteiger partial charge in [-0.15, -0.1) is 0 Å². The second-order valence-corrected chi connectivity index (χ2v) is 5.59. The average molecular weight is 278 g/mol. The van der Waals surface area contributed by atoms with Crippen LogP contribution in [0.2, 0.25) is 0 Å². The van der Waals surface area contributed by atoms with E-state index in [0.717, 1.165) is 29.9 Å². The Balaban J connectivity index is 2.21. The van der Waals surface area contributed by atoms with Crippen LogP contribution in [0.4, 0.5) is 11.6 Å². The van der Waals surface area contributed by atoms with E-state index in [0.29, 0.717) is 19.3 Å². The second-order valence-electron chi connectivity index (χ2n) is 5.59. The molecule has 1 aromatic heterocycles. The SMILES string of the molecule is CCOCc1nc(NC)cc(N2CCC(C)CC2C)n1. The van der Waals surface area contributed by atoms with Crippen LogP contribution in [0.25, 0.3) is 0 Å². The van der Waals surface area contributed by atoms with Crippen LogP contribution in [0.5, 0.6) is 0 Å². The molecular weight excluding hydrogens is 252 g/mol. The summed E-state index contributed by atoms with van der Waals surface area (Å²) >= 11 is 0. The zero-order valence-corrected chi connectivity index (χ0v) is 13.0. The number of hydrogen-bond acceptors (Lipinski definition) is 5. The van der Waals surface area contributed by atoms with Gasteiger partial charge < -0.3 is 15.0 Å². The molecule has 1 saturated heterocycles. The normalized spacial score (nSPS) is 22.9. The molecule has 2 rings (SSSR count). The van der Waals surface area contributed by atoms with E-state index in [4.69, 9.17) is 4.74 Å². The maximum Gasteiger partial charge on any atom is 0.158 e. The van der Waals surface area contributed by atoms with Crippen LogP contribution in [0.15, 0.2) is 6.07 Å². The number of piperidine rings is 1. The molecule has 0 saturated carbocycles. The summed E-state index contributed by atoms with van der Waals surface area (Å²) in [6, 6.07) is 2.56. The Morgan fingerprint density at radius 3 is 2.85 bits per heavy atom. The largest absolute Gasteiger partial charge is 0.374 e. The van der Waals surface area contributed by atoms with Gasteiger partial charge in [-0.05, 0) is 32.6 Å². The number of hydrogen-bond donors (Lipinski definition) is 1. The molecule has 20 heavy (non-hydrogen) atoms. The van der Waals surface area contributed by atoms with Gasteiger partial charge in [0.05, 0.1) is 0 Å². The summed E-state index contributed by atoms with van der Waals surface area (Å²) in [5.74, 6) is 3.42. The third-order valence-electron chi connectivity index (χ3n) is 3.88. The van der Waals surface area contributed by atoms with E-state index in [1.165, 1.54) is 12.8 Å². The van der Waals surface area contributed by atoms with Crippen LogP contribution in [-0.4, -0.2) is 36.2 Å². The molecule has 1 aromatic rings. The minimum absolute atomic E-state index is 0.470. The van der Waals surface area contributed by atoms with E-state index in [1.807, 2.05) is 20.0 Å². The molecule has 1 fully saturated rings. The predicted octanol–water partition coefficient (Wildman–Crippen LogP) is 2.68. The Kier molecular flexibility index (Phi) is 5.17. The molecule has 0 aromatic carbocycles. The molecule has 0 spiro atoms. The zero-order valence-electron chi connectivity index (χ0n) is 13.0. The highest BCUT2D eigenvalue weighted by molar-refractivity contribution is 5.50. The number of ether oxygens (including phenoxy) is 1. The van der Waals surface area contributed by atoms with Crippen molar-refractivity contribution in [3.8, 4) is 0 Å². The molecule has 0 bridgehead atoms. The van der Waals surface area contributed by atoms with E-state index < -0.39 is 0 Å². The molecule has 0 aliphatic carbocycles. The van der Waals surface area contributed by atoms with Crippen molar-refractivity contribution in [3.05, 3.63) is 11.9 Å². The van der Waals surface area contributed by atoms with Crippen molar-refractivity contribution in [3.63, 3.8) is 0 Å². The van der Waals surface area contributed by atoms with Gasteiger partial charge in [-0.1, -0.05) is 6.92 Å². The Bertz CT molecular complexity index is 438. The fourth-order valence-corrected chi connectivity index (χ4v) is 2.76. The highest BCUT2D eigenvalue weighted by Gasteiger charge is 2.24. The first-order valence-corrected chi connectivity index (χ1v) is 7.54. The summed E-state index contributed by atoms with van der Waals surface area (Å²) in [6.45, 7) is 8.80. The van der Waals surface area contributed by atoms with Crippen LogP contribution in [0.1, 0.15) is 39.4 Å². The van der Waals surface area contributed by atoms with Gasteiger partial charge in [0.25, 0.3) is 0 Å². The average Bonchev–Trinajstić information content (AvgIpc) is 2.44. The van der Waals surface area contributed by atoms with Gasteiger partial charge in [-0.3, -0.25) is 0 Å². The van der Waals surface area contributed by atoms with E-state index in [-0.39, 0.29) is 0 Å². The Morgan fingerprint density at radius 2 is 2.20 bits per heavy atom. The first-order valence-electron chi connectivity index (χ1n) is 7.54. The molecule has 5 heteroatoms. The van der Waals surface area contributed by atoms with Gasteiger partial charge in [-0.2, -0.15) is 0 Å². The lowest BCUT2D eigenvalue weighted by atomic mass is 9.93. The van der Waals surface area contributed by atoms with Crippen molar-refractivity contribution >= 4 is 11.6 Å². The summed E-state index contributed by atoms with van der Waals surface area (Å²) in [5, 5.41) is 3.11. The Hall–Kier alpha value is -1.36. The third kappa shape index (κ3) is 3.60. The van der Waals surface area contributed by atoms with Gasteiger partial charge in [-0.25, -0.2) is 9.97 Å². The standard InChI is InChI=1S/C15H26N4O/c1-5-20-10-14-17-13(16-4)9-15(18-14)19-7-6-11(2)8-12(19)3/h9,11-12H,5-8,10H2,1-4H3,(H,16,17,18). The smallest absolute Gasteiger partial charge is 0.158 e. The van der Waals surface area contributed by atoms with E-state index in [1.54, 1.807) is 0 Å². The summed E-state index contributed by atoms with van der Waals surface area (Å²) in [6.07, 6.45) is 2.45. The van der Waals surface area contributed by atoms with E-state index >= 15 is 0 Å². The van der Waals surface area contributed by atoms with Crippen molar-refractivity contribution in [2.24, 2.45) is 5.92 Å². The van der Waals surface area contributed by atoms with E-state index in [2.05, 4.69) is 34.0 Å². The summed E-state index contributed by atoms with van der Waals surface area (Å²) in [7, 11) is 1.89. The van der Waals surface area contributed by atoms with Crippen LogP contribution in [-0.2, 0) is 11.3 Å². The quantitative estimate of drug-likeness (QED) is 0.897. The van der Waals surface area contributed by atoms with Gasteiger partial charge >= 0.3 is 0 Å². The molecule has 1 aliphatic heterocycles. The summed E-state index contributed by atoms with van der Waals surface area (Å²) in [4.78, 5) is 11.5. The van der Waals surface area contributed by atoms with Crippen molar-refractivity contribution in [2.75, 3.05) is 30.4 Å². The topological polar surface area (TPSA) is 50.3 Å². The number of anilines is 2. The minimum atomic E-state index is 0.470. The molecule has 1 aliphatic rings. The van der Waals surface area contributed by atoms with Crippen molar-refractivity contribution in [1.29, 1.82) is 0 Å². The predicted molar refractivity (Wildman–Crippen MR) is 82.1 cm³/mol.